The largest absolute Gasteiger partial charge is 0.383 e. The number of nitrogen functional groups attached to an aromatic ring is 1. The van der Waals surface area contributed by atoms with Crippen molar-refractivity contribution >= 4 is 23.1 Å². The molecular formula is C23H33N5O3. The van der Waals surface area contributed by atoms with Crippen molar-refractivity contribution in [3.63, 3.8) is 0 Å². The Labute approximate surface area is 182 Å². The van der Waals surface area contributed by atoms with E-state index >= 15 is 0 Å². The first kappa shape index (κ1) is 22.7. The third kappa shape index (κ3) is 5.00. The molecule has 0 unspecified atom stereocenters. The molecule has 0 aliphatic carbocycles. The first-order valence-corrected chi connectivity index (χ1v) is 11.1. The highest BCUT2D eigenvalue weighted by molar-refractivity contribution is 5.90. The predicted octanol–water partition coefficient (Wildman–Crippen LogP) is 2.75. The molecule has 8 nitrogen and oxygen atoms in total. The number of carbonyl (C=O) groups is 1. The van der Waals surface area contributed by atoms with Gasteiger partial charge in [-0.25, -0.2) is 9.36 Å². The lowest BCUT2D eigenvalue weighted by molar-refractivity contribution is -0.116. The maximum atomic E-state index is 13.2. The van der Waals surface area contributed by atoms with Gasteiger partial charge in [-0.3, -0.25) is 14.2 Å². The van der Waals surface area contributed by atoms with Crippen molar-refractivity contribution in [2.45, 2.75) is 65.5 Å². The molecule has 0 atom stereocenters. The summed E-state index contributed by atoms with van der Waals surface area (Å²) in [6, 6.07) is 7.57. The zero-order chi connectivity index (χ0) is 22.5. The molecule has 1 aliphatic rings. The van der Waals surface area contributed by atoms with Gasteiger partial charge in [-0.1, -0.05) is 32.9 Å². The Kier molecular flexibility index (Phi) is 7.20. The van der Waals surface area contributed by atoms with E-state index in [1.54, 1.807) is 0 Å². The van der Waals surface area contributed by atoms with Crippen molar-refractivity contribution < 1.29 is 4.79 Å². The number of nitrogens with two attached hydrogens (primary N) is 1. The monoisotopic (exact) mass is 427 g/mol. The van der Waals surface area contributed by atoms with Crippen molar-refractivity contribution in [2.75, 3.05) is 29.0 Å². The maximum absolute atomic E-state index is 13.2. The lowest BCUT2D eigenvalue weighted by atomic mass is 10.0. The van der Waals surface area contributed by atoms with Gasteiger partial charge in [0.1, 0.15) is 18.1 Å². The maximum Gasteiger partial charge on any atom is 0.333 e. The van der Waals surface area contributed by atoms with Crippen LogP contribution in [-0.4, -0.2) is 28.1 Å². The molecule has 2 heterocycles. The minimum Gasteiger partial charge on any atom is -0.383 e. The molecule has 1 saturated heterocycles. The number of piperidine rings is 1. The number of carbonyl (C=O) groups excluding carboxylic acids is 1. The van der Waals surface area contributed by atoms with E-state index in [2.05, 4.69) is 19.2 Å². The van der Waals surface area contributed by atoms with E-state index in [4.69, 9.17) is 5.73 Å². The number of amides is 1. The molecule has 0 spiro atoms. The number of rotatable bonds is 7. The van der Waals surface area contributed by atoms with E-state index in [-0.39, 0.29) is 12.4 Å². The van der Waals surface area contributed by atoms with Gasteiger partial charge in [-0.05, 0) is 49.3 Å². The summed E-state index contributed by atoms with van der Waals surface area (Å²) in [6.45, 7) is 7.62. The first-order chi connectivity index (χ1) is 14.8. The number of nitrogens with zero attached hydrogens (tertiary/aromatic N) is 3. The van der Waals surface area contributed by atoms with Crippen LogP contribution in [0.15, 0.2) is 33.9 Å². The number of anilines is 3. The SMILES string of the molecule is CCCn1c(N)c(N2CCCCC2)c(=O)n(CC(=O)Nc2ccc(C(C)C)cc2)c1=O. The fourth-order valence-corrected chi connectivity index (χ4v) is 3.99. The molecule has 1 aromatic heterocycles. The average molecular weight is 428 g/mol. The van der Waals surface area contributed by atoms with Crippen LogP contribution in [0.3, 0.4) is 0 Å². The van der Waals surface area contributed by atoms with Crippen molar-refractivity contribution in [1.82, 2.24) is 9.13 Å². The predicted molar refractivity (Wildman–Crippen MR) is 125 cm³/mol. The van der Waals surface area contributed by atoms with Crippen LogP contribution in [0, 0.1) is 0 Å². The summed E-state index contributed by atoms with van der Waals surface area (Å²) in [4.78, 5) is 40.8. The molecule has 3 N–H and O–H groups in total. The molecule has 0 saturated carbocycles. The summed E-state index contributed by atoms with van der Waals surface area (Å²) in [5.41, 5.74) is 7.36. The molecule has 0 bridgehead atoms. The van der Waals surface area contributed by atoms with Crippen LogP contribution in [0.25, 0.3) is 0 Å². The fraction of sp³-hybridized carbons (Fsp3) is 0.522. The lowest BCUT2D eigenvalue weighted by Crippen LogP contribution is -2.47. The molecule has 31 heavy (non-hydrogen) atoms. The van der Waals surface area contributed by atoms with Crippen molar-refractivity contribution in [1.29, 1.82) is 0 Å². The minimum atomic E-state index is -0.546. The van der Waals surface area contributed by atoms with Gasteiger partial charge < -0.3 is 16.0 Å². The van der Waals surface area contributed by atoms with E-state index in [0.717, 1.165) is 36.9 Å². The molecule has 168 valence electrons. The van der Waals surface area contributed by atoms with E-state index in [1.807, 2.05) is 36.1 Å². The molecule has 3 rings (SSSR count). The van der Waals surface area contributed by atoms with E-state index in [0.29, 0.717) is 30.3 Å². The Hall–Kier alpha value is -3.03. The molecule has 1 aliphatic heterocycles. The standard InChI is InChI=1S/C23H33N5O3/c1-4-12-27-21(24)20(26-13-6-5-7-14-26)22(30)28(23(27)31)15-19(29)25-18-10-8-17(9-11-18)16(2)3/h8-11,16H,4-7,12-15,24H2,1-3H3,(H,25,29). The van der Waals surface area contributed by atoms with Crippen LogP contribution >= 0.6 is 0 Å². The van der Waals surface area contributed by atoms with Crippen LogP contribution in [0.5, 0.6) is 0 Å². The van der Waals surface area contributed by atoms with Gasteiger partial charge in [0.25, 0.3) is 5.56 Å². The van der Waals surface area contributed by atoms with E-state index in [9.17, 15) is 14.4 Å². The number of nitrogens with one attached hydrogen (secondary N) is 1. The summed E-state index contributed by atoms with van der Waals surface area (Å²) in [5.74, 6) is 0.164. The van der Waals surface area contributed by atoms with Crippen LogP contribution in [0.1, 0.15) is 57.9 Å². The van der Waals surface area contributed by atoms with Gasteiger partial charge in [-0.2, -0.15) is 0 Å². The van der Waals surface area contributed by atoms with Gasteiger partial charge in [-0.15, -0.1) is 0 Å². The first-order valence-electron chi connectivity index (χ1n) is 11.1. The highest BCUT2D eigenvalue weighted by Crippen LogP contribution is 2.22. The number of benzene rings is 1. The Balaban J connectivity index is 1.92. The Morgan fingerprint density at radius 3 is 2.29 bits per heavy atom. The molecule has 2 aromatic rings. The smallest absolute Gasteiger partial charge is 0.333 e. The quantitative estimate of drug-likeness (QED) is 0.707. The molecular weight excluding hydrogens is 394 g/mol. The summed E-state index contributed by atoms with van der Waals surface area (Å²) < 4.78 is 2.42. The van der Waals surface area contributed by atoms with Crippen LogP contribution < -0.4 is 27.2 Å². The molecule has 8 heteroatoms. The second-order valence-electron chi connectivity index (χ2n) is 8.43. The molecule has 1 aromatic carbocycles. The minimum absolute atomic E-state index is 0.194. The third-order valence-corrected chi connectivity index (χ3v) is 5.73. The Bertz CT molecular complexity index is 1030. The van der Waals surface area contributed by atoms with Gasteiger partial charge in [0.2, 0.25) is 5.91 Å². The van der Waals surface area contributed by atoms with E-state index < -0.39 is 17.2 Å². The topological polar surface area (TPSA) is 102 Å². The normalized spacial score (nSPS) is 14.1. The average Bonchev–Trinajstić information content (AvgIpc) is 2.75. The fourth-order valence-electron chi connectivity index (χ4n) is 3.99. The van der Waals surface area contributed by atoms with Gasteiger partial charge in [0.05, 0.1) is 0 Å². The zero-order valence-electron chi connectivity index (χ0n) is 18.7. The molecule has 0 radical (unpaired) electrons. The summed E-state index contributed by atoms with van der Waals surface area (Å²) in [6.07, 6.45) is 3.74. The summed E-state index contributed by atoms with van der Waals surface area (Å²) in [7, 11) is 0. The second-order valence-corrected chi connectivity index (χ2v) is 8.43. The summed E-state index contributed by atoms with van der Waals surface area (Å²) >= 11 is 0. The van der Waals surface area contributed by atoms with Gasteiger partial charge in [0.15, 0.2) is 0 Å². The Morgan fingerprint density at radius 2 is 1.71 bits per heavy atom. The molecule has 1 fully saturated rings. The van der Waals surface area contributed by atoms with Crippen LogP contribution in [0.4, 0.5) is 17.2 Å². The van der Waals surface area contributed by atoms with Crippen molar-refractivity contribution in [3.05, 3.63) is 50.7 Å². The van der Waals surface area contributed by atoms with Crippen LogP contribution in [-0.2, 0) is 17.9 Å². The number of hydrogen-bond donors (Lipinski definition) is 2. The van der Waals surface area contributed by atoms with Gasteiger partial charge in [0, 0.05) is 25.3 Å². The second kappa shape index (κ2) is 9.85. The van der Waals surface area contributed by atoms with Gasteiger partial charge >= 0.3 is 5.69 Å². The van der Waals surface area contributed by atoms with Crippen molar-refractivity contribution in [2.24, 2.45) is 0 Å². The zero-order valence-corrected chi connectivity index (χ0v) is 18.7. The highest BCUT2D eigenvalue weighted by atomic mass is 16.2. The highest BCUT2D eigenvalue weighted by Gasteiger charge is 2.24. The number of hydrogen-bond acceptors (Lipinski definition) is 5. The molecule has 1 amide bonds. The number of aromatic nitrogens is 2. The Morgan fingerprint density at radius 1 is 1.06 bits per heavy atom. The third-order valence-electron chi connectivity index (χ3n) is 5.73. The van der Waals surface area contributed by atoms with Crippen LogP contribution in [0.2, 0.25) is 0 Å². The van der Waals surface area contributed by atoms with E-state index in [1.165, 1.54) is 10.1 Å². The summed E-state index contributed by atoms with van der Waals surface area (Å²) in [5, 5.41) is 2.78. The van der Waals surface area contributed by atoms with Crippen molar-refractivity contribution in [3.8, 4) is 0 Å². The lowest BCUT2D eigenvalue weighted by Gasteiger charge is -2.30.